The lowest BCUT2D eigenvalue weighted by molar-refractivity contribution is -0.931. The Labute approximate surface area is 178 Å². The molecule has 1 unspecified atom stereocenters. The standard InChI is InChI=1S/C22H32FN2O2.BrH/c1-25(2)19-11-12-20(25)14-21(13-19)27-22(26)24(18-5-3-4-6-18)15-16-7-9-17(23)10-8-16;/h7-10,18-21H,3-6,11-15H2,1-2H3;1H/q+1;/p-1/t19-,20+,21?;. The van der Waals surface area contributed by atoms with E-state index in [0.29, 0.717) is 18.6 Å². The quantitative estimate of drug-likeness (QED) is 0.644. The Hall–Kier alpha value is -1.14. The van der Waals surface area contributed by atoms with E-state index >= 15 is 0 Å². The van der Waals surface area contributed by atoms with Gasteiger partial charge in [0.25, 0.3) is 0 Å². The number of quaternary nitrogens is 1. The van der Waals surface area contributed by atoms with Crippen molar-refractivity contribution in [3.05, 3.63) is 35.6 Å². The third kappa shape index (κ3) is 4.38. The molecule has 1 aromatic carbocycles. The molecule has 156 valence electrons. The molecule has 6 heteroatoms. The summed E-state index contributed by atoms with van der Waals surface area (Å²) in [5.74, 6) is -0.243. The smallest absolute Gasteiger partial charge is 0.410 e. The molecular formula is C22H32BrFN2O2. The maximum atomic E-state index is 13.2. The van der Waals surface area contributed by atoms with Gasteiger partial charge in [-0.15, -0.1) is 0 Å². The maximum Gasteiger partial charge on any atom is 0.410 e. The van der Waals surface area contributed by atoms with Crippen LogP contribution < -0.4 is 17.0 Å². The molecular weight excluding hydrogens is 423 g/mol. The monoisotopic (exact) mass is 454 g/mol. The average molecular weight is 455 g/mol. The molecule has 3 aliphatic rings. The van der Waals surface area contributed by atoms with Crippen molar-refractivity contribution >= 4 is 6.09 Å². The molecule has 2 saturated heterocycles. The SMILES string of the molecule is C[N+]1(C)[C@@H]2CC[C@H]1CC(OC(=O)N(Cc1ccc(F)cc1)C1CCCC1)C2.[Br-]. The van der Waals surface area contributed by atoms with Gasteiger partial charge in [0.1, 0.15) is 11.9 Å². The van der Waals surface area contributed by atoms with Crippen LogP contribution in [0.2, 0.25) is 0 Å². The van der Waals surface area contributed by atoms with Crippen LogP contribution in [-0.4, -0.2) is 53.8 Å². The van der Waals surface area contributed by atoms with Gasteiger partial charge in [-0.1, -0.05) is 25.0 Å². The van der Waals surface area contributed by atoms with Crippen molar-refractivity contribution in [1.29, 1.82) is 0 Å². The van der Waals surface area contributed by atoms with Gasteiger partial charge in [0.05, 0.1) is 26.2 Å². The van der Waals surface area contributed by atoms with E-state index in [9.17, 15) is 9.18 Å². The van der Waals surface area contributed by atoms with Crippen LogP contribution in [0, 0.1) is 5.82 Å². The zero-order chi connectivity index (χ0) is 19.0. The van der Waals surface area contributed by atoms with Crippen LogP contribution in [0.25, 0.3) is 0 Å². The molecule has 0 radical (unpaired) electrons. The topological polar surface area (TPSA) is 29.5 Å². The number of halogens is 2. The third-order valence-electron chi connectivity index (χ3n) is 7.32. The largest absolute Gasteiger partial charge is 1.00 e. The van der Waals surface area contributed by atoms with Gasteiger partial charge in [-0.05, 0) is 30.5 Å². The molecule has 3 fully saturated rings. The number of ether oxygens (including phenoxy) is 1. The Kier molecular flexibility index (Phi) is 6.70. The summed E-state index contributed by atoms with van der Waals surface area (Å²) < 4.78 is 20.3. The summed E-state index contributed by atoms with van der Waals surface area (Å²) in [7, 11) is 4.64. The lowest BCUT2D eigenvalue weighted by Crippen LogP contribution is -3.00. The fraction of sp³-hybridized carbons (Fsp3) is 0.682. The summed E-state index contributed by atoms with van der Waals surface area (Å²) in [4.78, 5) is 15.0. The first kappa shape index (κ1) is 21.6. The molecule has 1 amide bonds. The Morgan fingerprint density at radius 3 is 2.21 bits per heavy atom. The third-order valence-corrected chi connectivity index (χ3v) is 7.32. The van der Waals surface area contributed by atoms with Gasteiger partial charge >= 0.3 is 6.09 Å². The molecule has 0 spiro atoms. The lowest BCUT2D eigenvalue weighted by atomic mass is 9.98. The molecule has 1 aliphatic carbocycles. The minimum Gasteiger partial charge on any atom is -1.00 e. The highest BCUT2D eigenvalue weighted by Crippen LogP contribution is 2.40. The van der Waals surface area contributed by atoms with Crippen molar-refractivity contribution in [3.63, 3.8) is 0 Å². The summed E-state index contributed by atoms with van der Waals surface area (Å²) in [6.07, 6.45) is 8.71. The Morgan fingerprint density at radius 2 is 1.64 bits per heavy atom. The average Bonchev–Trinajstić information content (AvgIpc) is 3.17. The molecule has 2 aliphatic heterocycles. The molecule has 28 heavy (non-hydrogen) atoms. The van der Waals surface area contributed by atoms with Crippen molar-refractivity contribution in [2.75, 3.05) is 14.1 Å². The van der Waals surface area contributed by atoms with Crippen LogP contribution in [0.4, 0.5) is 9.18 Å². The van der Waals surface area contributed by atoms with E-state index in [0.717, 1.165) is 48.6 Å². The van der Waals surface area contributed by atoms with Crippen molar-refractivity contribution in [2.45, 2.75) is 82.1 Å². The minimum atomic E-state index is -0.243. The fourth-order valence-corrected chi connectivity index (χ4v) is 5.48. The number of hydrogen-bond acceptors (Lipinski definition) is 2. The predicted molar refractivity (Wildman–Crippen MR) is 103 cm³/mol. The van der Waals surface area contributed by atoms with Crippen molar-refractivity contribution in [1.82, 2.24) is 4.90 Å². The highest BCUT2D eigenvalue weighted by atomic mass is 79.9. The number of carbonyl (C=O) groups is 1. The molecule has 2 heterocycles. The van der Waals surface area contributed by atoms with Gasteiger partial charge in [0.15, 0.2) is 0 Å². The Bertz CT molecular complexity index is 660. The Morgan fingerprint density at radius 1 is 1.07 bits per heavy atom. The van der Waals surface area contributed by atoms with Crippen molar-refractivity contribution < 1.29 is 35.4 Å². The first-order chi connectivity index (χ1) is 12.9. The van der Waals surface area contributed by atoms with E-state index in [4.69, 9.17) is 4.74 Å². The van der Waals surface area contributed by atoms with Gasteiger partial charge < -0.3 is 31.1 Å². The number of rotatable bonds is 4. The number of hydrogen-bond donors (Lipinski definition) is 0. The highest BCUT2D eigenvalue weighted by molar-refractivity contribution is 5.68. The number of carbonyl (C=O) groups excluding carboxylic acids is 1. The van der Waals surface area contributed by atoms with Crippen molar-refractivity contribution in [2.24, 2.45) is 0 Å². The van der Waals surface area contributed by atoms with Crippen LogP contribution in [0.5, 0.6) is 0 Å². The molecule has 0 N–H and O–H groups in total. The normalized spacial score (nSPS) is 28.6. The second-order valence-corrected chi connectivity index (χ2v) is 9.18. The summed E-state index contributed by atoms with van der Waals surface area (Å²) >= 11 is 0. The zero-order valence-electron chi connectivity index (χ0n) is 16.9. The molecule has 4 nitrogen and oxygen atoms in total. The van der Waals surface area contributed by atoms with E-state index < -0.39 is 0 Å². The van der Waals surface area contributed by atoms with Crippen LogP contribution in [0.15, 0.2) is 24.3 Å². The number of piperidine rings is 1. The highest BCUT2D eigenvalue weighted by Gasteiger charge is 2.50. The fourth-order valence-electron chi connectivity index (χ4n) is 5.48. The molecule has 3 atom stereocenters. The number of amides is 1. The molecule has 4 rings (SSSR count). The number of fused-ring (bicyclic) bond motifs is 2. The zero-order valence-corrected chi connectivity index (χ0v) is 18.5. The van der Waals surface area contributed by atoms with Crippen LogP contribution in [0.3, 0.4) is 0 Å². The summed E-state index contributed by atoms with van der Waals surface area (Å²) in [6, 6.07) is 7.93. The maximum absolute atomic E-state index is 13.2. The first-order valence-corrected chi connectivity index (χ1v) is 10.5. The minimum absolute atomic E-state index is 0. The van der Waals surface area contributed by atoms with E-state index in [1.165, 1.54) is 25.0 Å². The van der Waals surface area contributed by atoms with Gasteiger partial charge in [0.2, 0.25) is 0 Å². The van der Waals surface area contributed by atoms with Crippen LogP contribution in [-0.2, 0) is 11.3 Å². The van der Waals surface area contributed by atoms with E-state index in [1.54, 1.807) is 12.1 Å². The molecule has 0 aromatic heterocycles. The first-order valence-electron chi connectivity index (χ1n) is 10.5. The van der Waals surface area contributed by atoms with Crippen LogP contribution >= 0.6 is 0 Å². The Balaban J connectivity index is 0.00000225. The van der Waals surface area contributed by atoms with Gasteiger partial charge in [-0.3, -0.25) is 0 Å². The van der Waals surface area contributed by atoms with E-state index in [1.807, 2.05) is 4.90 Å². The second kappa shape index (κ2) is 8.70. The predicted octanol–water partition coefficient (Wildman–Crippen LogP) is 1.48. The van der Waals surface area contributed by atoms with E-state index in [-0.39, 0.29) is 41.0 Å². The van der Waals surface area contributed by atoms with Crippen LogP contribution in [0.1, 0.15) is 56.9 Å². The van der Waals surface area contributed by atoms with E-state index in [2.05, 4.69) is 14.1 Å². The van der Waals surface area contributed by atoms with Crippen molar-refractivity contribution in [3.8, 4) is 0 Å². The molecule has 2 bridgehead atoms. The number of nitrogens with zero attached hydrogens (tertiary/aromatic N) is 2. The molecule has 1 aromatic rings. The lowest BCUT2D eigenvalue weighted by Gasteiger charge is -2.44. The van der Waals surface area contributed by atoms with Gasteiger partial charge in [0, 0.05) is 38.3 Å². The van der Waals surface area contributed by atoms with Gasteiger partial charge in [-0.2, -0.15) is 0 Å². The van der Waals surface area contributed by atoms with Gasteiger partial charge in [-0.25, -0.2) is 9.18 Å². The number of benzene rings is 1. The second-order valence-electron chi connectivity index (χ2n) is 9.18. The summed E-state index contributed by atoms with van der Waals surface area (Å²) in [5, 5.41) is 0. The molecule has 1 saturated carbocycles. The summed E-state index contributed by atoms with van der Waals surface area (Å²) in [5.41, 5.74) is 0.960. The summed E-state index contributed by atoms with van der Waals surface area (Å²) in [6.45, 7) is 0.505.